The van der Waals surface area contributed by atoms with E-state index in [9.17, 15) is 8.42 Å². The molecule has 3 rings (SSSR count). The molecule has 7 heteroatoms. The van der Waals surface area contributed by atoms with Crippen molar-refractivity contribution in [1.82, 2.24) is 4.31 Å². The lowest BCUT2D eigenvalue weighted by Gasteiger charge is -2.18. The Bertz CT molecular complexity index is 838. The monoisotopic (exact) mass is 367 g/mol. The summed E-state index contributed by atoms with van der Waals surface area (Å²) in [5, 5.41) is 0.502. The van der Waals surface area contributed by atoms with Crippen LogP contribution in [0.2, 0.25) is 5.02 Å². The van der Waals surface area contributed by atoms with Crippen LogP contribution in [0.25, 0.3) is 0 Å². The summed E-state index contributed by atoms with van der Waals surface area (Å²) in [7, 11) is -2.02. The summed E-state index contributed by atoms with van der Waals surface area (Å²) < 4.78 is 37.5. The van der Waals surface area contributed by atoms with Crippen LogP contribution in [0, 0.1) is 0 Å². The second kappa shape index (κ2) is 7.01. The van der Waals surface area contributed by atoms with Gasteiger partial charge in [-0.3, -0.25) is 0 Å². The van der Waals surface area contributed by atoms with Gasteiger partial charge in [0.1, 0.15) is 18.1 Å². The maximum atomic E-state index is 12.6. The minimum Gasteiger partial charge on any atom is -0.493 e. The Balaban J connectivity index is 1.65. The topological polar surface area (TPSA) is 55.8 Å². The lowest BCUT2D eigenvalue weighted by molar-refractivity contribution is 0.287. The molecule has 0 aliphatic carbocycles. The molecule has 128 valence electrons. The summed E-state index contributed by atoms with van der Waals surface area (Å²) in [4.78, 5) is 0.270. The smallest absolute Gasteiger partial charge is 0.242 e. The summed E-state index contributed by atoms with van der Waals surface area (Å²) in [6.07, 6.45) is 0.734. The Hall–Kier alpha value is -1.76. The molecule has 0 saturated heterocycles. The number of para-hydroxylation sites is 1. The zero-order valence-electron chi connectivity index (χ0n) is 13.2. The van der Waals surface area contributed by atoms with E-state index in [-0.39, 0.29) is 18.0 Å². The van der Waals surface area contributed by atoms with Gasteiger partial charge in [-0.25, -0.2) is 8.42 Å². The highest BCUT2D eigenvalue weighted by Crippen LogP contribution is 2.28. The van der Waals surface area contributed by atoms with E-state index in [0.29, 0.717) is 17.4 Å². The van der Waals surface area contributed by atoms with E-state index in [4.69, 9.17) is 21.1 Å². The second-order valence-electron chi connectivity index (χ2n) is 5.47. The predicted octanol–water partition coefficient (Wildman–Crippen LogP) is 2.97. The van der Waals surface area contributed by atoms with Crippen molar-refractivity contribution in [2.24, 2.45) is 0 Å². The molecule has 1 heterocycles. The van der Waals surface area contributed by atoms with Crippen molar-refractivity contribution in [3.63, 3.8) is 0 Å². The largest absolute Gasteiger partial charge is 0.493 e. The number of hydrogen-bond acceptors (Lipinski definition) is 4. The summed E-state index contributed by atoms with van der Waals surface area (Å²) in [5.74, 6) is 1.30. The summed E-state index contributed by atoms with van der Waals surface area (Å²) in [6.45, 7) is 1.04. The van der Waals surface area contributed by atoms with E-state index in [0.717, 1.165) is 17.7 Å². The molecule has 0 spiro atoms. The van der Waals surface area contributed by atoms with Gasteiger partial charge in [0.15, 0.2) is 0 Å². The first kappa shape index (κ1) is 17.1. The number of sulfonamides is 1. The first-order chi connectivity index (χ1) is 11.5. The van der Waals surface area contributed by atoms with E-state index in [2.05, 4.69) is 0 Å². The fourth-order valence-corrected chi connectivity index (χ4v) is 3.87. The Labute approximate surface area is 146 Å². The predicted molar refractivity (Wildman–Crippen MR) is 92.4 cm³/mol. The van der Waals surface area contributed by atoms with Crippen molar-refractivity contribution in [1.29, 1.82) is 0 Å². The van der Waals surface area contributed by atoms with Gasteiger partial charge in [0.25, 0.3) is 0 Å². The van der Waals surface area contributed by atoms with Gasteiger partial charge >= 0.3 is 0 Å². The summed E-state index contributed by atoms with van der Waals surface area (Å²) in [5.41, 5.74) is 0.928. The number of halogens is 1. The third kappa shape index (κ3) is 3.50. The zero-order chi connectivity index (χ0) is 17.2. The van der Waals surface area contributed by atoms with Gasteiger partial charge in [0.05, 0.1) is 16.5 Å². The van der Waals surface area contributed by atoms with Crippen molar-refractivity contribution < 1.29 is 17.9 Å². The van der Waals surface area contributed by atoms with Crippen LogP contribution in [0.4, 0.5) is 0 Å². The van der Waals surface area contributed by atoms with Gasteiger partial charge in [-0.05, 0) is 35.9 Å². The molecule has 0 radical (unpaired) electrons. The molecule has 0 atom stereocenters. The molecule has 2 aromatic rings. The van der Waals surface area contributed by atoms with E-state index in [1.165, 1.54) is 11.4 Å². The quantitative estimate of drug-likeness (QED) is 0.787. The van der Waals surface area contributed by atoms with Crippen LogP contribution >= 0.6 is 11.6 Å². The summed E-state index contributed by atoms with van der Waals surface area (Å²) >= 11 is 6.01. The number of likely N-dealkylation sites (N-methyl/N-ethyl adjacent to an activating group) is 1. The number of rotatable bonds is 6. The molecule has 24 heavy (non-hydrogen) atoms. The van der Waals surface area contributed by atoms with Crippen LogP contribution in [0.15, 0.2) is 47.4 Å². The molecule has 2 aromatic carbocycles. The number of fused-ring (bicyclic) bond motifs is 1. The third-order valence-corrected chi connectivity index (χ3v) is 6.03. The highest BCUT2D eigenvalue weighted by atomic mass is 35.5. The van der Waals surface area contributed by atoms with Gasteiger partial charge in [0, 0.05) is 20.0 Å². The van der Waals surface area contributed by atoms with E-state index in [1.54, 1.807) is 30.3 Å². The molecule has 1 aliphatic heterocycles. The molecule has 0 saturated carbocycles. The van der Waals surface area contributed by atoms with Gasteiger partial charge in [-0.15, -0.1) is 0 Å². The molecular weight excluding hydrogens is 350 g/mol. The van der Waals surface area contributed by atoms with Crippen LogP contribution in [0.1, 0.15) is 5.56 Å². The van der Waals surface area contributed by atoms with Gasteiger partial charge in [-0.2, -0.15) is 4.31 Å². The van der Waals surface area contributed by atoms with Crippen molar-refractivity contribution >= 4 is 21.6 Å². The maximum absolute atomic E-state index is 12.6. The number of hydrogen-bond donors (Lipinski definition) is 0. The van der Waals surface area contributed by atoms with E-state index in [1.807, 2.05) is 12.1 Å². The molecular formula is C17H18ClNO4S. The number of benzene rings is 2. The first-order valence-corrected chi connectivity index (χ1v) is 9.40. The fourth-order valence-electron chi connectivity index (χ4n) is 2.47. The summed E-state index contributed by atoms with van der Waals surface area (Å²) in [6, 6.07) is 12.1. The van der Waals surface area contributed by atoms with Crippen LogP contribution in [0.3, 0.4) is 0 Å². The number of nitrogens with zero attached hydrogens (tertiary/aromatic N) is 1. The lowest BCUT2D eigenvalue weighted by Crippen LogP contribution is -2.31. The first-order valence-electron chi connectivity index (χ1n) is 7.58. The molecule has 1 aliphatic rings. The minimum atomic E-state index is -3.56. The molecule has 0 fully saturated rings. The molecule has 0 amide bonds. The average Bonchev–Trinajstić information content (AvgIpc) is 3.04. The van der Waals surface area contributed by atoms with Crippen LogP contribution in [0.5, 0.6) is 11.5 Å². The molecule has 0 N–H and O–H groups in total. The van der Waals surface area contributed by atoms with Crippen LogP contribution in [-0.2, 0) is 16.4 Å². The zero-order valence-corrected chi connectivity index (χ0v) is 14.8. The van der Waals surface area contributed by atoms with Crippen molar-refractivity contribution in [2.75, 3.05) is 26.8 Å². The van der Waals surface area contributed by atoms with Crippen molar-refractivity contribution in [2.45, 2.75) is 11.3 Å². The lowest BCUT2D eigenvalue weighted by atomic mass is 10.2. The fraction of sp³-hybridized carbons (Fsp3) is 0.294. The normalized spacial score (nSPS) is 13.6. The Morgan fingerprint density at radius 2 is 2.04 bits per heavy atom. The van der Waals surface area contributed by atoms with Crippen LogP contribution in [-0.4, -0.2) is 39.5 Å². The second-order valence-corrected chi connectivity index (χ2v) is 7.93. The SMILES string of the molecule is CN(CCOc1ccccc1Cl)S(=O)(=O)c1ccc2c(c1)CCO2. The Morgan fingerprint density at radius 3 is 2.83 bits per heavy atom. The minimum absolute atomic E-state index is 0.216. The van der Waals surface area contributed by atoms with Gasteiger partial charge < -0.3 is 9.47 Å². The highest BCUT2D eigenvalue weighted by Gasteiger charge is 2.23. The molecule has 0 unspecified atom stereocenters. The highest BCUT2D eigenvalue weighted by molar-refractivity contribution is 7.89. The van der Waals surface area contributed by atoms with E-state index >= 15 is 0 Å². The molecule has 5 nitrogen and oxygen atoms in total. The van der Waals surface area contributed by atoms with Gasteiger partial charge in [-0.1, -0.05) is 23.7 Å². The maximum Gasteiger partial charge on any atom is 0.242 e. The molecule has 0 aromatic heterocycles. The Kier molecular flexibility index (Phi) is 4.99. The molecule has 0 bridgehead atoms. The van der Waals surface area contributed by atoms with Crippen molar-refractivity contribution in [3.05, 3.63) is 53.1 Å². The standard InChI is InChI=1S/C17H18ClNO4S/c1-19(9-11-23-17-5-3-2-4-15(17)18)24(20,21)14-6-7-16-13(12-14)8-10-22-16/h2-7,12H,8-11H2,1H3. The van der Waals surface area contributed by atoms with Gasteiger partial charge in [0.2, 0.25) is 10.0 Å². The van der Waals surface area contributed by atoms with Crippen LogP contribution < -0.4 is 9.47 Å². The average molecular weight is 368 g/mol. The Morgan fingerprint density at radius 1 is 1.25 bits per heavy atom. The number of ether oxygens (including phenoxy) is 2. The van der Waals surface area contributed by atoms with E-state index < -0.39 is 10.0 Å². The van der Waals surface area contributed by atoms with Crippen molar-refractivity contribution in [3.8, 4) is 11.5 Å². The third-order valence-electron chi connectivity index (χ3n) is 3.87.